The molecule has 0 saturated carbocycles. The van der Waals surface area contributed by atoms with Gasteiger partial charge >= 0.3 is 6.03 Å². The molecule has 0 bridgehead atoms. The Morgan fingerprint density at radius 3 is 2.69 bits per heavy atom. The molecule has 4 rings (SSSR count). The van der Waals surface area contributed by atoms with Crippen LogP contribution in [0.3, 0.4) is 0 Å². The van der Waals surface area contributed by atoms with E-state index in [1.807, 2.05) is 48.0 Å². The fourth-order valence-electron chi connectivity index (χ4n) is 5.36. The van der Waals surface area contributed by atoms with Crippen molar-refractivity contribution < 1.29 is 14.6 Å². The SMILES string of the molecule is CCNCCCCCn1cc(OC2CCC(NC(=O)N/C(=C/C(=N)CC)Nc3cnn(CCO)c3)c3ccccc32)ccc1=N. The number of aromatic nitrogens is 3. The second-order valence-corrected chi connectivity index (χ2v) is 11.1. The third-order valence-corrected chi connectivity index (χ3v) is 7.71. The third-order valence-electron chi connectivity index (χ3n) is 7.71. The summed E-state index contributed by atoms with van der Waals surface area (Å²) in [5.41, 5.74) is 3.47. The fraction of sp³-hybridized carbons (Fsp3) is 0.455. The highest BCUT2D eigenvalue weighted by Crippen LogP contribution is 2.38. The summed E-state index contributed by atoms with van der Waals surface area (Å²) in [6.45, 7) is 7.10. The first-order valence-electron chi connectivity index (χ1n) is 15.9. The number of fused-ring (bicyclic) bond motifs is 1. The van der Waals surface area contributed by atoms with Crippen molar-refractivity contribution in [2.75, 3.05) is 25.0 Å². The summed E-state index contributed by atoms with van der Waals surface area (Å²) < 4.78 is 10.0. The smallest absolute Gasteiger partial charge is 0.320 e. The lowest BCUT2D eigenvalue weighted by atomic mass is 9.85. The molecule has 1 aromatic carbocycles. The normalized spacial score (nSPS) is 16.1. The van der Waals surface area contributed by atoms with Crippen molar-refractivity contribution in [3.05, 3.63) is 83.5 Å². The monoisotopic (exact) mass is 617 g/mol. The number of hydrogen-bond acceptors (Lipinski definition) is 8. The highest BCUT2D eigenvalue weighted by molar-refractivity contribution is 5.93. The number of amides is 2. The van der Waals surface area contributed by atoms with Crippen LogP contribution in [0, 0.1) is 10.8 Å². The summed E-state index contributed by atoms with van der Waals surface area (Å²) in [6, 6.07) is 11.0. The number of urea groups is 1. The van der Waals surface area contributed by atoms with Gasteiger partial charge in [-0.05, 0) is 74.5 Å². The molecule has 3 aromatic rings. The topological polar surface area (TPSA) is 165 Å². The summed E-state index contributed by atoms with van der Waals surface area (Å²) in [5, 5.41) is 42.3. The predicted octanol–water partition coefficient (Wildman–Crippen LogP) is 4.57. The van der Waals surface area contributed by atoms with Crippen molar-refractivity contribution in [1.82, 2.24) is 30.3 Å². The lowest BCUT2D eigenvalue weighted by Gasteiger charge is -2.32. The summed E-state index contributed by atoms with van der Waals surface area (Å²) in [7, 11) is 0. The lowest BCUT2D eigenvalue weighted by molar-refractivity contribution is 0.170. The molecule has 0 spiro atoms. The van der Waals surface area contributed by atoms with Gasteiger partial charge < -0.3 is 35.8 Å². The first kappa shape index (κ1) is 33.5. The minimum Gasteiger partial charge on any atom is -0.484 e. The van der Waals surface area contributed by atoms with E-state index < -0.39 is 6.03 Å². The van der Waals surface area contributed by atoms with Gasteiger partial charge in [-0.1, -0.05) is 44.5 Å². The predicted molar refractivity (Wildman–Crippen MR) is 175 cm³/mol. The van der Waals surface area contributed by atoms with Crippen molar-refractivity contribution in [2.24, 2.45) is 0 Å². The van der Waals surface area contributed by atoms with Gasteiger partial charge in [0.1, 0.15) is 23.2 Å². The number of pyridine rings is 1. The Hall–Kier alpha value is -4.42. The van der Waals surface area contributed by atoms with Crippen LogP contribution >= 0.6 is 0 Å². The zero-order valence-electron chi connectivity index (χ0n) is 26.3. The molecule has 1 aliphatic rings. The van der Waals surface area contributed by atoms with Crippen molar-refractivity contribution in [2.45, 2.75) is 77.6 Å². The number of nitrogens with zero attached hydrogens (tertiary/aromatic N) is 3. The van der Waals surface area contributed by atoms with E-state index in [1.165, 1.54) is 0 Å². The Morgan fingerprint density at radius 2 is 1.91 bits per heavy atom. The number of hydrogen-bond donors (Lipinski definition) is 7. The number of aliphatic hydroxyl groups is 1. The number of carbonyl (C=O) groups is 1. The van der Waals surface area contributed by atoms with E-state index in [0.717, 1.165) is 55.8 Å². The van der Waals surface area contributed by atoms with Gasteiger partial charge in [0.15, 0.2) is 0 Å². The minimum atomic E-state index is -0.392. The Labute approximate surface area is 264 Å². The Bertz CT molecular complexity index is 1500. The van der Waals surface area contributed by atoms with Crippen LogP contribution in [0.15, 0.2) is 66.9 Å². The summed E-state index contributed by atoms with van der Waals surface area (Å²) in [6.07, 6.45) is 11.8. The van der Waals surface area contributed by atoms with Gasteiger partial charge in [0.2, 0.25) is 0 Å². The van der Waals surface area contributed by atoms with Crippen molar-refractivity contribution >= 4 is 17.4 Å². The third kappa shape index (κ3) is 10.0. The van der Waals surface area contributed by atoms with E-state index in [-0.39, 0.29) is 18.8 Å². The van der Waals surface area contributed by atoms with E-state index in [9.17, 15) is 9.90 Å². The van der Waals surface area contributed by atoms with Crippen molar-refractivity contribution in [1.29, 1.82) is 10.8 Å². The van der Waals surface area contributed by atoms with Gasteiger partial charge in [0.05, 0.1) is 31.1 Å². The summed E-state index contributed by atoms with van der Waals surface area (Å²) in [4.78, 5) is 13.2. The van der Waals surface area contributed by atoms with Crippen LogP contribution in [-0.4, -0.2) is 50.9 Å². The first-order valence-corrected chi connectivity index (χ1v) is 15.9. The molecular weight excluding hydrogens is 570 g/mol. The van der Waals surface area contributed by atoms with Gasteiger partial charge in [-0.3, -0.25) is 15.4 Å². The number of unbranched alkanes of at least 4 members (excludes halogenated alkanes) is 2. The molecule has 2 heterocycles. The highest BCUT2D eigenvalue weighted by Gasteiger charge is 2.29. The molecule has 45 heavy (non-hydrogen) atoms. The summed E-state index contributed by atoms with van der Waals surface area (Å²) in [5.74, 6) is 1.08. The van der Waals surface area contributed by atoms with Crippen LogP contribution in [0.2, 0.25) is 0 Å². The average molecular weight is 618 g/mol. The number of aryl methyl sites for hydroxylation is 1. The molecule has 7 N–H and O–H groups in total. The van der Waals surface area contributed by atoms with E-state index in [0.29, 0.717) is 48.5 Å². The molecule has 1 aliphatic carbocycles. The highest BCUT2D eigenvalue weighted by atomic mass is 16.5. The standard InChI is InChI=1S/C33H47N9O3/c1-3-24(34)20-32(38-25-21-37-42(22-25)18-19-43)40-33(44)39-29-13-14-30(28-11-7-6-10-27(28)29)45-26-12-15-31(35)41(23-26)17-9-5-8-16-36-4-2/h6-7,10-12,15,20-23,29-30,34-36,38,43H,3-5,8-9,13-14,16-19H2,1-2H3,(H2,39,40,44)/b32-20+,34-24?,35-31?. The zero-order valence-corrected chi connectivity index (χ0v) is 26.3. The van der Waals surface area contributed by atoms with Crippen LogP contribution < -0.4 is 31.5 Å². The van der Waals surface area contributed by atoms with Crippen LogP contribution in [0.5, 0.6) is 5.75 Å². The second-order valence-electron chi connectivity index (χ2n) is 11.1. The molecule has 0 saturated heterocycles. The molecule has 2 unspecified atom stereocenters. The molecular formula is C33H47N9O3. The van der Waals surface area contributed by atoms with Gasteiger partial charge in [-0.15, -0.1) is 0 Å². The molecule has 2 aromatic heterocycles. The average Bonchev–Trinajstić information content (AvgIpc) is 3.48. The van der Waals surface area contributed by atoms with Gasteiger partial charge in [0.25, 0.3) is 0 Å². The van der Waals surface area contributed by atoms with E-state index in [2.05, 4.69) is 33.3 Å². The minimum absolute atomic E-state index is 0.0331. The molecule has 2 atom stereocenters. The van der Waals surface area contributed by atoms with Crippen molar-refractivity contribution in [3.63, 3.8) is 0 Å². The Balaban J connectivity index is 1.40. The van der Waals surface area contributed by atoms with Gasteiger partial charge in [-0.2, -0.15) is 5.10 Å². The molecule has 12 nitrogen and oxygen atoms in total. The van der Waals surface area contributed by atoms with E-state index in [4.69, 9.17) is 15.6 Å². The largest absolute Gasteiger partial charge is 0.484 e. The second kappa shape index (κ2) is 17.2. The number of ether oxygens (including phenoxy) is 1. The number of carbonyl (C=O) groups excluding carboxylic acids is 1. The van der Waals surface area contributed by atoms with E-state index >= 15 is 0 Å². The maximum absolute atomic E-state index is 13.2. The zero-order chi connectivity index (χ0) is 32.0. The van der Waals surface area contributed by atoms with Crippen molar-refractivity contribution in [3.8, 4) is 5.75 Å². The molecule has 12 heteroatoms. The van der Waals surface area contributed by atoms with Crippen LogP contribution in [0.4, 0.5) is 10.5 Å². The molecule has 0 aliphatic heterocycles. The number of allylic oxidation sites excluding steroid dienone is 1. The van der Waals surface area contributed by atoms with Crippen LogP contribution in [0.25, 0.3) is 0 Å². The first-order chi connectivity index (χ1) is 21.9. The number of anilines is 1. The number of benzene rings is 1. The summed E-state index contributed by atoms with van der Waals surface area (Å²) >= 11 is 0. The molecule has 2 amide bonds. The Morgan fingerprint density at radius 1 is 1.09 bits per heavy atom. The van der Waals surface area contributed by atoms with Crippen LogP contribution in [-0.2, 0) is 13.1 Å². The lowest BCUT2D eigenvalue weighted by Crippen LogP contribution is -2.40. The fourth-order valence-corrected chi connectivity index (χ4v) is 5.36. The number of aliphatic hydroxyl groups excluding tert-OH is 1. The maximum atomic E-state index is 13.2. The maximum Gasteiger partial charge on any atom is 0.320 e. The molecule has 242 valence electrons. The quantitative estimate of drug-likeness (QED) is 0.0866. The Kier molecular flexibility index (Phi) is 12.8. The number of nitrogens with one attached hydrogen (secondary N) is 6. The van der Waals surface area contributed by atoms with Gasteiger partial charge in [-0.25, -0.2) is 4.79 Å². The molecule has 0 radical (unpaired) electrons. The molecule has 0 fully saturated rings. The number of rotatable bonds is 17. The van der Waals surface area contributed by atoms with E-state index in [1.54, 1.807) is 29.2 Å². The van der Waals surface area contributed by atoms with Crippen LogP contribution in [0.1, 0.15) is 75.6 Å². The van der Waals surface area contributed by atoms with Gasteiger partial charge in [0, 0.05) is 24.7 Å².